The summed E-state index contributed by atoms with van der Waals surface area (Å²) in [5.74, 6) is 0.803. The number of carbonyl (C=O) groups is 3. The maximum Gasteiger partial charge on any atom is 0.279 e. The lowest BCUT2D eigenvalue weighted by atomic mass is 9.96. The number of carbonyl (C=O) groups excluding carboxylic acids is 3. The molecule has 0 atom stereocenters. The molecule has 2 aliphatic rings. The lowest BCUT2D eigenvalue weighted by Crippen LogP contribution is -2.40. The highest BCUT2D eigenvalue weighted by Gasteiger charge is 2.68. The zero-order valence-corrected chi connectivity index (χ0v) is 21.7. The monoisotopic (exact) mass is 489 g/mol. The number of aromatic nitrogens is 3. The zero-order chi connectivity index (χ0) is 24.1. The van der Waals surface area contributed by atoms with Crippen molar-refractivity contribution in [3.63, 3.8) is 0 Å². The van der Waals surface area contributed by atoms with Gasteiger partial charge in [-0.3, -0.25) is 19.3 Å². The van der Waals surface area contributed by atoms with Crippen LogP contribution in [0, 0.1) is 16.7 Å². The van der Waals surface area contributed by atoms with E-state index in [-0.39, 0.29) is 46.7 Å². The van der Waals surface area contributed by atoms with Gasteiger partial charge < -0.3 is 4.90 Å². The number of Topliss-reactive ketones (excluding diaryl/α,β-unsaturated/α-hetero) is 1. The summed E-state index contributed by atoms with van der Waals surface area (Å²) in [6.07, 6.45) is 1.89. The molecular weight excluding hydrogens is 458 g/mol. The van der Waals surface area contributed by atoms with Crippen LogP contribution in [-0.2, 0) is 16.0 Å². The van der Waals surface area contributed by atoms with E-state index in [1.54, 1.807) is 12.4 Å². The maximum absolute atomic E-state index is 13.0. The average Bonchev–Trinajstić information content (AvgIpc) is 3.26. The third-order valence-corrected chi connectivity index (χ3v) is 9.46. The second-order valence-corrected chi connectivity index (χ2v) is 11.9. The summed E-state index contributed by atoms with van der Waals surface area (Å²) in [6, 6.07) is 0. The fraction of sp³-hybridized carbons (Fsp3) is 0.652. The number of piperidine rings is 1. The topological polar surface area (TPSA) is 96.4 Å². The minimum absolute atomic E-state index is 0.0187. The molecular formula is C23H31N5O3S2. The molecule has 2 aromatic heterocycles. The predicted molar refractivity (Wildman–Crippen MR) is 129 cm³/mol. The predicted octanol–water partition coefficient (Wildman–Crippen LogP) is 3.79. The van der Waals surface area contributed by atoms with Crippen LogP contribution in [0.1, 0.15) is 74.7 Å². The molecule has 0 spiro atoms. The number of hydrogen-bond donors (Lipinski definition) is 0. The van der Waals surface area contributed by atoms with Gasteiger partial charge in [0.2, 0.25) is 11.0 Å². The van der Waals surface area contributed by atoms with E-state index in [0.29, 0.717) is 16.6 Å². The second kappa shape index (κ2) is 8.54. The molecule has 1 aliphatic heterocycles. The van der Waals surface area contributed by atoms with Crippen molar-refractivity contribution in [3.05, 3.63) is 21.9 Å². The Hall–Kier alpha value is -2.20. The normalized spacial score (nSPS) is 20.0. The molecule has 1 saturated heterocycles. The van der Waals surface area contributed by atoms with E-state index in [4.69, 9.17) is 0 Å². The molecule has 1 saturated carbocycles. The Kier molecular flexibility index (Phi) is 6.20. The van der Waals surface area contributed by atoms with Gasteiger partial charge >= 0.3 is 0 Å². The number of likely N-dealkylation sites (tertiary alicyclic amines) is 1. The maximum atomic E-state index is 13.0. The van der Waals surface area contributed by atoms with Gasteiger partial charge in [-0.1, -0.05) is 27.7 Å². The molecule has 2 amide bonds. The number of amides is 2. The molecule has 1 aliphatic carbocycles. The summed E-state index contributed by atoms with van der Waals surface area (Å²) >= 11 is 2.60. The third kappa shape index (κ3) is 4.35. The van der Waals surface area contributed by atoms with E-state index >= 15 is 0 Å². The molecule has 0 bridgehead atoms. The van der Waals surface area contributed by atoms with Crippen LogP contribution < -0.4 is 4.90 Å². The highest BCUT2D eigenvalue weighted by molar-refractivity contribution is 7.10. The first kappa shape index (κ1) is 23.9. The van der Waals surface area contributed by atoms with Crippen molar-refractivity contribution < 1.29 is 14.4 Å². The van der Waals surface area contributed by atoms with E-state index in [2.05, 4.69) is 42.0 Å². The van der Waals surface area contributed by atoms with Crippen LogP contribution in [0.2, 0.25) is 0 Å². The molecule has 0 radical (unpaired) electrons. The number of rotatable bonds is 6. The van der Waals surface area contributed by atoms with Crippen LogP contribution in [0.25, 0.3) is 0 Å². The fourth-order valence-electron chi connectivity index (χ4n) is 4.85. The molecule has 178 valence electrons. The standard InChI is InChI=1S/C23H31N5O3S2/c1-13(29)11-16-25-21(33-26-16)27(6)19(30)15-12-32-18(24-15)14-7-9-28(10-8-14)20(31)17-22(2,3)23(17,4)5/h12,14,17H,7-11H2,1-6H3. The zero-order valence-electron chi connectivity index (χ0n) is 20.0. The number of nitrogens with zero attached hydrogens (tertiary/aromatic N) is 5. The lowest BCUT2D eigenvalue weighted by molar-refractivity contribution is -0.135. The molecule has 0 unspecified atom stereocenters. The van der Waals surface area contributed by atoms with Crippen molar-refractivity contribution in [1.82, 2.24) is 19.2 Å². The third-order valence-electron chi connectivity index (χ3n) is 7.62. The Balaban J connectivity index is 1.35. The van der Waals surface area contributed by atoms with E-state index in [1.165, 1.54) is 23.2 Å². The van der Waals surface area contributed by atoms with Crippen molar-refractivity contribution in [2.75, 3.05) is 25.0 Å². The fourth-order valence-corrected chi connectivity index (χ4v) is 6.46. The summed E-state index contributed by atoms with van der Waals surface area (Å²) in [4.78, 5) is 49.6. The minimum Gasteiger partial charge on any atom is -0.342 e. The summed E-state index contributed by atoms with van der Waals surface area (Å²) in [5.41, 5.74) is 0.495. The van der Waals surface area contributed by atoms with Crippen molar-refractivity contribution in [3.8, 4) is 0 Å². The van der Waals surface area contributed by atoms with Crippen molar-refractivity contribution in [2.45, 2.75) is 59.8 Å². The first-order chi connectivity index (χ1) is 15.4. The molecule has 0 aromatic carbocycles. The van der Waals surface area contributed by atoms with Crippen LogP contribution in [0.3, 0.4) is 0 Å². The number of anilines is 1. The number of thiazole rings is 1. The quantitative estimate of drug-likeness (QED) is 0.612. The lowest BCUT2D eigenvalue weighted by Gasteiger charge is -2.32. The summed E-state index contributed by atoms with van der Waals surface area (Å²) in [7, 11) is 1.64. The van der Waals surface area contributed by atoms with Gasteiger partial charge in [0, 0.05) is 48.9 Å². The molecule has 2 aromatic rings. The number of ketones is 1. The van der Waals surface area contributed by atoms with Gasteiger partial charge in [0.1, 0.15) is 11.5 Å². The first-order valence-electron chi connectivity index (χ1n) is 11.3. The molecule has 10 heteroatoms. The van der Waals surface area contributed by atoms with Gasteiger partial charge in [0.25, 0.3) is 5.91 Å². The Morgan fingerprint density at radius 2 is 1.76 bits per heavy atom. The molecule has 3 heterocycles. The van der Waals surface area contributed by atoms with Crippen molar-refractivity contribution in [2.24, 2.45) is 16.7 Å². The van der Waals surface area contributed by atoms with E-state index in [9.17, 15) is 14.4 Å². The SMILES string of the molecule is CC(=O)Cc1nsc(N(C)C(=O)c2csc(C3CCN(C(=O)C4C(C)(C)C4(C)C)CC3)n2)n1. The highest BCUT2D eigenvalue weighted by Crippen LogP contribution is 2.68. The van der Waals surface area contributed by atoms with E-state index < -0.39 is 0 Å². The largest absolute Gasteiger partial charge is 0.342 e. The molecule has 4 rings (SSSR count). The number of hydrogen-bond acceptors (Lipinski definition) is 8. The Labute approximate surface area is 202 Å². The van der Waals surface area contributed by atoms with Gasteiger partial charge in [0.15, 0.2) is 5.82 Å². The smallest absolute Gasteiger partial charge is 0.279 e. The van der Waals surface area contributed by atoms with Gasteiger partial charge in [-0.15, -0.1) is 11.3 Å². The van der Waals surface area contributed by atoms with Crippen molar-refractivity contribution in [1.29, 1.82) is 0 Å². The van der Waals surface area contributed by atoms with Crippen molar-refractivity contribution >= 4 is 45.6 Å². The first-order valence-corrected chi connectivity index (χ1v) is 12.9. The van der Waals surface area contributed by atoms with Crippen LogP contribution in [0.15, 0.2) is 5.38 Å². The van der Waals surface area contributed by atoms with Crippen LogP contribution >= 0.6 is 22.9 Å². The Morgan fingerprint density at radius 1 is 1.12 bits per heavy atom. The van der Waals surface area contributed by atoms with Gasteiger partial charge in [-0.25, -0.2) is 9.97 Å². The van der Waals surface area contributed by atoms with Gasteiger partial charge in [-0.2, -0.15) is 4.37 Å². The molecule has 8 nitrogen and oxygen atoms in total. The van der Waals surface area contributed by atoms with Gasteiger partial charge in [-0.05, 0) is 30.6 Å². The highest BCUT2D eigenvalue weighted by atomic mass is 32.1. The Bertz CT molecular complexity index is 1070. The van der Waals surface area contributed by atoms with E-state index in [0.717, 1.165) is 42.5 Å². The summed E-state index contributed by atoms with van der Waals surface area (Å²) in [5, 5.41) is 3.18. The molecule has 33 heavy (non-hydrogen) atoms. The second-order valence-electron chi connectivity index (χ2n) is 10.3. The minimum atomic E-state index is -0.242. The summed E-state index contributed by atoms with van der Waals surface area (Å²) < 4.78 is 4.15. The molecule has 2 fully saturated rings. The van der Waals surface area contributed by atoms with Crippen LogP contribution in [0.5, 0.6) is 0 Å². The van der Waals surface area contributed by atoms with E-state index in [1.807, 2.05) is 4.90 Å². The summed E-state index contributed by atoms with van der Waals surface area (Å²) in [6.45, 7) is 11.7. The van der Waals surface area contributed by atoms with Gasteiger partial charge in [0.05, 0.1) is 11.4 Å². The van der Waals surface area contributed by atoms with Crippen LogP contribution in [-0.4, -0.2) is 57.0 Å². The average molecular weight is 490 g/mol. The Morgan fingerprint density at radius 3 is 2.33 bits per heavy atom. The van der Waals surface area contributed by atoms with Crippen LogP contribution in [0.4, 0.5) is 5.13 Å². The molecule has 0 N–H and O–H groups in total.